The van der Waals surface area contributed by atoms with Crippen molar-refractivity contribution in [3.8, 4) is 23.1 Å². The zero-order valence-corrected chi connectivity index (χ0v) is 32.0. The largest absolute Gasteiger partial charge is 0.507 e. The summed E-state index contributed by atoms with van der Waals surface area (Å²) in [6.45, 7) is -0.118. The second-order valence-electron chi connectivity index (χ2n) is 14.1. The molecular formula is C38H37N3O17S. The first kappa shape index (κ1) is 41.2. The van der Waals surface area contributed by atoms with Crippen LogP contribution in [0.3, 0.4) is 0 Å². The average molecular weight is 840 g/mol. The number of phenolic OH excluding ortho intramolecular Hbond substituents is 2. The van der Waals surface area contributed by atoms with Gasteiger partial charge in [-0.25, -0.2) is 8.42 Å². The fourth-order valence-corrected chi connectivity index (χ4v) is 8.72. The number of benzene rings is 3. The number of sulfone groups is 1. The summed E-state index contributed by atoms with van der Waals surface area (Å²) < 4.78 is 58.0. The van der Waals surface area contributed by atoms with Crippen molar-refractivity contribution in [3.05, 3.63) is 87.1 Å². The number of ether oxygens (including phenoxy) is 5. The van der Waals surface area contributed by atoms with Crippen LogP contribution in [0.25, 0.3) is 0 Å². The van der Waals surface area contributed by atoms with Crippen LogP contribution in [-0.4, -0.2) is 108 Å². The maximum Gasteiger partial charge on any atom is 0.414 e. The lowest BCUT2D eigenvalue weighted by Gasteiger charge is -2.42. The second-order valence-corrected chi connectivity index (χ2v) is 16.0. The van der Waals surface area contributed by atoms with Gasteiger partial charge in [-0.2, -0.15) is 0 Å². The number of hydrogen-bond acceptors (Lipinski definition) is 19. The van der Waals surface area contributed by atoms with Crippen LogP contribution in [0.4, 0.5) is 0 Å². The molecule has 0 amide bonds. The fraction of sp³-hybridized carbons (Fsp3) is 0.368. The van der Waals surface area contributed by atoms with Gasteiger partial charge in [0.2, 0.25) is 11.6 Å². The molecule has 3 aliphatic rings. The van der Waals surface area contributed by atoms with Gasteiger partial charge in [0.05, 0.1) is 58.6 Å². The number of hydrogen-bond donors (Lipinski definition) is 5. The minimum absolute atomic E-state index is 0.0311. The summed E-state index contributed by atoms with van der Waals surface area (Å²) in [5, 5.41) is 60.2. The van der Waals surface area contributed by atoms with Gasteiger partial charge in [-0.15, -0.1) is 0 Å². The summed E-state index contributed by atoms with van der Waals surface area (Å²) in [6.07, 6.45) is -6.73. The van der Waals surface area contributed by atoms with Crippen molar-refractivity contribution < 1.29 is 81.2 Å². The lowest BCUT2D eigenvalue weighted by molar-refractivity contribution is -0.832. The second kappa shape index (κ2) is 15.7. The Balaban J connectivity index is 1.12. The number of phenols is 2. The van der Waals surface area contributed by atoms with Gasteiger partial charge < -0.3 is 55.1 Å². The van der Waals surface area contributed by atoms with E-state index in [9.17, 15) is 53.2 Å². The van der Waals surface area contributed by atoms with E-state index in [1.165, 1.54) is 56.5 Å². The molecular weight excluding hydrogens is 802 g/mol. The number of aliphatic hydroxyl groups is 2. The maximum absolute atomic E-state index is 13.9. The van der Waals surface area contributed by atoms with Gasteiger partial charge in [-0.3, -0.25) is 23.8 Å². The highest BCUT2D eigenvalue weighted by molar-refractivity contribution is 7.91. The third-order valence-electron chi connectivity index (χ3n) is 10.4. The summed E-state index contributed by atoms with van der Waals surface area (Å²) in [5.41, 5.74) is 1.60. The Bertz CT molecular complexity index is 2460. The first-order chi connectivity index (χ1) is 28.0. The number of nitrogens with zero attached hydrogens (tertiary/aromatic N) is 2. The quantitative estimate of drug-likeness (QED) is 0.0648. The van der Waals surface area contributed by atoms with E-state index < -0.39 is 135 Å². The van der Waals surface area contributed by atoms with Crippen LogP contribution in [0.15, 0.2) is 63.1 Å². The molecule has 0 saturated carbocycles. The number of nitrogens with two attached hydrogens (primary N) is 1. The number of fused-ring (bicyclic) bond motifs is 3. The van der Waals surface area contributed by atoms with E-state index in [1.54, 1.807) is 6.07 Å². The molecule has 0 unspecified atom stereocenters. The number of esters is 1. The van der Waals surface area contributed by atoms with E-state index in [-0.39, 0.29) is 44.2 Å². The highest BCUT2D eigenvalue weighted by atomic mass is 32.2. The Labute approximate surface area is 334 Å². The molecule has 0 radical (unpaired) electrons. The van der Waals surface area contributed by atoms with E-state index >= 15 is 0 Å². The molecule has 2 heterocycles. The molecule has 1 saturated heterocycles. The predicted octanol–water partition coefficient (Wildman–Crippen LogP) is 0.476. The smallest absolute Gasteiger partial charge is 0.414 e. The number of aliphatic hydroxyl groups excluding tert-OH is 1. The lowest BCUT2D eigenvalue weighted by Crippen LogP contribution is -2.53. The number of Topliss-reactive ketones (excluding diaryl/α,β-unsaturated/α-hetero) is 1. The van der Waals surface area contributed by atoms with Crippen LogP contribution in [0.5, 0.6) is 23.1 Å². The highest BCUT2D eigenvalue weighted by Crippen LogP contribution is 2.52. The molecule has 0 bridgehead atoms. The molecule has 1 aromatic heterocycles. The number of carbonyl (C=O) groups excluding carboxylic acids is 4. The fourth-order valence-electron chi connectivity index (χ4n) is 7.43. The molecule has 59 heavy (non-hydrogen) atoms. The average Bonchev–Trinajstić information content (AvgIpc) is 3.59. The van der Waals surface area contributed by atoms with Crippen molar-refractivity contribution >= 4 is 33.2 Å². The molecule has 21 heteroatoms. The van der Waals surface area contributed by atoms with E-state index in [4.69, 9.17) is 29.4 Å². The summed E-state index contributed by atoms with van der Waals surface area (Å²) >= 11 is 0. The molecule has 1 aliphatic heterocycles. The van der Waals surface area contributed by atoms with Crippen molar-refractivity contribution in [1.82, 2.24) is 5.16 Å². The predicted molar refractivity (Wildman–Crippen MR) is 193 cm³/mol. The Hall–Kier alpha value is -5.97. The number of aromatic nitrogens is 2. The summed E-state index contributed by atoms with van der Waals surface area (Å²) in [4.78, 5) is 53.6. The molecule has 6 N–H and O–H groups in total. The van der Waals surface area contributed by atoms with Crippen molar-refractivity contribution in [1.29, 1.82) is 0 Å². The first-order valence-corrected chi connectivity index (χ1v) is 19.5. The lowest BCUT2D eigenvalue weighted by atomic mass is 9.72. The molecule has 4 aromatic rings. The third-order valence-corrected chi connectivity index (χ3v) is 12.2. The monoisotopic (exact) mass is 839 g/mol. The Kier molecular flexibility index (Phi) is 10.9. The van der Waals surface area contributed by atoms with Crippen LogP contribution in [-0.2, 0) is 40.1 Å². The van der Waals surface area contributed by atoms with Crippen molar-refractivity contribution in [2.45, 2.75) is 78.8 Å². The SMILES string of the molecule is COc1cccc2c1C(=O)c1c(O)c3c(c(O)c1C2=O)C[C@@](O)(C(=O)COC(=O)CCOc1no[n+]([O-])c1S(=O)(=O)c1ccccc1)C[C@@H]3O[C@H]1C[C@H](N)[C@H](O)[C@H](C)O1. The molecule has 2 aliphatic carbocycles. The Morgan fingerprint density at radius 2 is 1.76 bits per heavy atom. The van der Waals surface area contributed by atoms with Crippen LogP contribution in [0.2, 0.25) is 0 Å². The van der Waals surface area contributed by atoms with Gasteiger partial charge in [-0.05, 0) is 30.0 Å². The van der Waals surface area contributed by atoms with Crippen LogP contribution < -0.4 is 20.1 Å². The molecule has 312 valence electrons. The van der Waals surface area contributed by atoms with Gasteiger partial charge in [0, 0.05) is 42.0 Å². The summed E-state index contributed by atoms with van der Waals surface area (Å²) in [7, 11) is -3.17. The van der Waals surface area contributed by atoms with Gasteiger partial charge in [0.15, 0.2) is 18.7 Å². The molecule has 0 spiro atoms. The maximum atomic E-state index is 13.9. The summed E-state index contributed by atoms with van der Waals surface area (Å²) in [5.74, 6) is -6.19. The molecule has 6 atom stereocenters. The van der Waals surface area contributed by atoms with Crippen LogP contribution >= 0.6 is 0 Å². The number of carbonyl (C=O) groups is 4. The molecule has 1 fully saturated rings. The Morgan fingerprint density at radius 3 is 2.46 bits per heavy atom. The molecule has 7 rings (SSSR count). The minimum atomic E-state index is -4.45. The Morgan fingerprint density at radius 1 is 1.05 bits per heavy atom. The van der Waals surface area contributed by atoms with Gasteiger partial charge >= 0.3 is 16.9 Å². The van der Waals surface area contributed by atoms with Crippen LogP contribution in [0.1, 0.15) is 75.3 Å². The third kappa shape index (κ3) is 7.25. The highest BCUT2D eigenvalue weighted by Gasteiger charge is 2.50. The topological polar surface area (TPSA) is 308 Å². The van der Waals surface area contributed by atoms with E-state index in [0.717, 1.165) is 0 Å². The number of rotatable bonds is 12. The van der Waals surface area contributed by atoms with Gasteiger partial charge in [-0.1, -0.05) is 30.3 Å². The van der Waals surface area contributed by atoms with E-state index in [0.29, 0.717) is 0 Å². The van der Waals surface area contributed by atoms with Crippen molar-refractivity contribution in [3.63, 3.8) is 0 Å². The molecule has 20 nitrogen and oxygen atoms in total. The number of methoxy groups -OCH3 is 1. The first-order valence-electron chi connectivity index (χ1n) is 18.0. The normalized spacial score (nSPS) is 23.8. The van der Waals surface area contributed by atoms with E-state index in [1.807, 2.05) is 0 Å². The van der Waals surface area contributed by atoms with Crippen molar-refractivity contribution in [2.24, 2.45) is 5.73 Å². The standard InChI is InChI=1S/C38H37N3O17S/c1-17-31(44)21(39)13-26(56-17)57-23-15-38(49,14-20-28(23)35(48)30-29(33(20)46)32(45)19-9-6-10-22(53-2)27(19)34(30)47)24(42)16-55-25(43)11-12-54-36-37(41(50)58-40-36)59(51,52)18-7-4-3-5-8-18/h3-10,17,21,23,26,31,44,46,48-49H,11-16,39H2,1-2H3/t17-,21-,23-,26-,31+,38-/m0/s1. The van der Waals surface area contributed by atoms with Crippen LogP contribution in [0, 0.1) is 5.21 Å². The summed E-state index contributed by atoms with van der Waals surface area (Å²) in [6, 6.07) is 10.3. The zero-order valence-electron chi connectivity index (χ0n) is 31.2. The van der Waals surface area contributed by atoms with Gasteiger partial charge in [0.1, 0.15) is 29.5 Å². The molecule has 3 aromatic carbocycles. The minimum Gasteiger partial charge on any atom is -0.507 e. The van der Waals surface area contributed by atoms with Crippen molar-refractivity contribution in [2.75, 3.05) is 20.3 Å². The number of ketones is 3. The number of aromatic hydroxyl groups is 2. The zero-order chi connectivity index (χ0) is 42.6. The van der Waals surface area contributed by atoms with E-state index in [2.05, 4.69) is 9.79 Å². The van der Waals surface area contributed by atoms with Gasteiger partial charge in [0.25, 0.3) is 9.84 Å².